The summed E-state index contributed by atoms with van der Waals surface area (Å²) in [4.78, 5) is 20.0. The molecule has 6 heteroatoms. The largest absolute Gasteiger partial charge is 0.356 e. The first-order chi connectivity index (χ1) is 12.3. The van der Waals surface area contributed by atoms with E-state index in [1.54, 1.807) is 18.4 Å². The lowest BCUT2D eigenvalue weighted by Gasteiger charge is -2.27. The highest BCUT2D eigenvalue weighted by Gasteiger charge is 2.20. The number of fused-ring (bicyclic) bond motifs is 1. The van der Waals surface area contributed by atoms with Gasteiger partial charge in [0.25, 0.3) is 0 Å². The number of guanidine groups is 1. The van der Waals surface area contributed by atoms with Gasteiger partial charge in [-0.2, -0.15) is 0 Å². The number of hydrogen-bond donors (Lipinski definition) is 2. The molecule has 5 nitrogen and oxygen atoms in total. The number of nitrogens with zero attached hydrogens (tertiary/aromatic N) is 2. The standard InChI is InChI=1S/C19H24N4OS/c1-20-19(22-13-15-5-3-2-4-6-15)21-10-7-18(24)23-11-8-17-16(14-23)9-12-25-17/h2-6,9,12H,7-8,10-11,13-14H2,1H3,(H2,20,21,22). The number of benzene rings is 1. The molecule has 1 amide bonds. The third kappa shape index (κ3) is 4.82. The number of amides is 1. The van der Waals surface area contributed by atoms with E-state index < -0.39 is 0 Å². The van der Waals surface area contributed by atoms with Gasteiger partial charge in [0, 0.05) is 44.5 Å². The van der Waals surface area contributed by atoms with Crippen LogP contribution >= 0.6 is 11.3 Å². The molecule has 2 heterocycles. The zero-order valence-electron chi connectivity index (χ0n) is 14.5. The van der Waals surface area contributed by atoms with Gasteiger partial charge < -0.3 is 15.5 Å². The van der Waals surface area contributed by atoms with E-state index in [2.05, 4.69) is 39.2 Å². The van der Waals surface area contributed by atoms with Crippen molar-refractivity contribution in [3.05, 3.63) is 57.8 Å². The minimum absolute atomic E-state index is 0.197. The fourth-order valence-corrected chi connectivity index (χ4v) is 3.80. The van der Waals surface area contributed by atoms with Crippen molar-refractivity contribution in [2.75, 3.05) is 20.1 Å². The van der Waals surface area contributed by atoms with Crippen LogP contribution in [0.1, 0.15) is 22.4 Å². The first-order valence-electron chi connectivity index (χ1n) is 8.57. The number of rotatable bonds is 5. The Labute approximate surface area is 152 Å². The van der Waals surface area contributed by atoms with Crippen LogP contribution in [0.5, 0.6) is 0 Å². The van der Waals surface area contributed by atoms with E-state index in [4.69, 9.17) is 0 Å². The fourth-order valence-electron chi connectivity index (χ4n) is 2.91. The maximum Gasteiger partial charge on any atom is 0.224 e. The number of thiophene rings is 1. The van der Waals surface area contributed by atoms with Gasteiger partial charge in [-0.15, -0.1) is 11.3 Å². The van der Waals surface area contributed by atoms with Crippen LogP contribution in [-0.2, 0) is 24.3 Å². The van der Waals surface area contributed by atoms with Crippen LogP contribution < -0.4 is 10.6 Å². The van der Waals surface area contributed by atoms with Gasteiger partial charge in [-0.05, 0) is 29.0 Å². The zero-order valence-corrected chi connectivity index (χ0v) is 15.3. The van der Waals surface area contributed by atoms with Crippen molar-refractivity contribution in [3.8, 4) is 0 Å². The third-order valence-electron chi connectivity index (χ3n) is 4.32. The lowest BCUT2D eigenvalue weighted by Crippen LogP contribution is -2.40. The normalized spacial score (nSPS) is 14.1. The topological polar surface area (TPSA) is 56.7 Å². The van der Waals surface area contributed by atoms with Gasteiger partial charge in [0.15, 0.2) is 5.96 Å². The molecule has 0 saturated carbocycles. The van der Waals surface area contributed by atoms with Crippen LogP contribution in [0.2, 0.25) is 0 Å². The molecule has 1 aromatic carbocycles. The Morgan fingerprint density at radius 3 is 2.88 bits per heavy atom. The molecule has 0 atom stereocenters. The van der Waals surface area contributed by atoms with Crippen LogP contribution in [0.4, 0.5) is 0 Å². The Hall–Kier alpha value is -2.34. The minimum atomic E-state index is 0.197. The highest BCUT2D eigenvalue weighted by molar-refractivity contribution is 7.10. The van der Waals surface area contributed by atoms with Gasteiger partial charge >= 0.3 is 0 Å². The Morgan fingerprint density at radius 2 is 2.08 bits per heavy atom. The molecule has 132 valence electrons. The Balaban J connectivity index is 1.40. The minimum Gasteiger partial charge on any atom is -0.356 e. The van der Waals surface area contributed by atoms with E-state index >= 15 is 0 Å². The van der Waals surface area contributed by atoms with Gasteiger partial charge in [0.05, 0.1) is 0 Å². The quantitative estimate of drug-likeness (QED) is 0.639. The number of aliphatic imine (C=N–C) groups is 1. The Kier molecular flexibility index (Phi) is 6.06. The summed E-state index contributed by atoms with van der Waals surface area (Å²) >= 11 is 1.79. The van der Waals surface area contributed by atoms with E-state index in [-0.39, 0.29) is 5.91 Å². The summed E-state index contributed by atoms with van der Waals surface area (Å²) in [6.45, 7) is 2.87. The first kappa shape index (κ1) is 17.5. The number of nitrogens with one attached hydrogen (secondary N) is 2. The summed E-state index contributed by atoms with van der Waals surface area (Å²) in [7, 11) is 1.74. The molecule has 0 spiro atoms. The fraction of sp³-hybridized carbons (Fsp3) is 0.368. The van der Waals surface area contributed by atoms with Gasteiger partial charge in [-0.3, -0.25) is 9.79 Å². The van der Waals surface area contributed by atoms with Crippen molar-refractivity contribution in [2.24, 2.45) is 4.99 Å². The van der Waals surface area contributed by atoms with Crippen LogP contribution in [0.15, 0.2) is 46.8 Å². The average molecular weight is 356 g/mol. The second-order valence-electron chi connectivity index (χ2n) is 6.02. The molecule has 2 aromatic rings. The van der Waals surface area contributed by atoms with Gasteiger partial charge in [0.1, 0.15) is 0 Å². The molecule has 25 heavy (non-hydrogen) atoms. The Bertz CT molecular complexity index is 726. The number of hydrogen-bond acceptors (Lipinski definition) is 3. The average Bonchev–Trinajstić information content (AvgIpc) is 3.13. The number of carbonyl (C=O) groups is 1. The van der Waals surface area contributed by atoms with E-state index in [1.807, 2.05) is 23.1 Å². The van der Waals surface area contributed by atoms with Gasteiger partial charge in [-0.25, -0.2) is 0 Å². The smallest absolute Gasteiger partial charge is 0.224 e. The van der Waals surface area contributed by atoms with Crippen LogP contribution in [0, 0.1) is 0 Å². The summed E-state index contributed by atoms with van der Waals surface area (Å²) in [5.74, 6) is 0.915. The van der Waals surface area contributed by atoms with E-state index in [9.17, 15) is 4.79 Å². The first-order valence-corrected chi connectivity index (χ1v) is 9.45. The molecule has 0 aliphatic carbocycles. The van der Waals surface area contributed by atoms with Crippen molar-refractivity contribution in [2.45, 2.75) is 25.9 Å². The van der Waals surface area contributed by atoms with Crippen molar-refractivity contribution in [3.63, 3.8) is 0 Å². The van der Waals surface area contributed by atoms with E-state index in [0.717, 1.165) is 25.5 Å². The maximum atomic E-state index is 12.4. The molecule has 0 fully saturated rings. The molecule has 1 aromatic heterocycles. The number of carbonyl (C=O) groups excluding carboxylic acids is 1. The second-order valence-corrected chi connectivity index (χ2v) is 7.02. The molecule has 0 unspecified atom stereocenters. The SMILES string of the molecule is CN=C(NCCC(=O)N1CCc2sccc2C1)NCc1ccccc1. The Morgan fingerprint density at radius 1 is 1.24 bits per heavy atom. The van der Waals surface area contributed by atoms with Crippen molar-refractivity contribution >= 4 is 23.2 Å². The van der Waals surface area contributed by atoms with E-state index in [0.29, 0.717) is 19.5 Å². The molecule has 0 radical (unpaired) electrons. The third-order valence-corrected chi connectivity index (χ3v) is 5.34. The molecule has 0 bridgehead atoms. The van der Waals surface area contributed by atoms with Gasteiger partial charge in [-0.1, -0.05) is 30.3 Å². The summed E-state index contributed by atoms with van der Waals surface area (Å²) < 4.78 is 0. The molecule has 1 aliphatic heterocycles. The predicted molar refractivity (Wildman–Crippen MR) is 103 cm³/mol. The lowest BCUT2D eigenvalue weighted by atomic mass is 10.1. The summed E-state index contributed by atoms with van der Waals surface area (Å²) in [6, 6.07) is 12.3. The molecular weight excluding hydrogens is 332 g/mol. The van der Waals surface area contributed by atoms with Crippen LogP contribution in [-0.4, -0.2) is 36.9 Å². The van der Waals surface area contributed by atoms with Crippen LogP contribution in [0.25, 0.3) is 0 Å². The monoisotopic (exact) mass is 356 g/mol. The molecule has 1 aliphatic rings. The molecule has 3 rings (SSSR count). The van der Waals surface area contributed by atoms with Crippen molar-refractivity contribution in [1.82, 2.24) is 15.5 Å². The predicted octanol–water partition coefficient (Wildman–Crippen LogP) is 2.39. The molecule has 2 N–H and O–H groups in total. The highest BCUT2D eigenvalue weighted by atomic mass is 32.1. The summed E-state index contributed by atoms with van der Waals surface area (Å²) in [6.07, 6.45) is 1.46. The van der Waals surface area contributed by atoms with Crippen molar-refractivity contribution < 1.29 is 4.79 Å². The molecule has 0 saturated heterocycles. The summed E-state index contributed by atoms with van der Waals surface area (Å²) in [5.41, 5.74) is 2.50. The second kappa shape index (κ2) is 8.67. The maximum absolute atomic E-state index is 12.4. The van der Waals surface area contributed by atoms with Crippen LogP contribution in [0.3, 0.4) is 0 Å². The highest BCUT2D eigenvalue weighted by Crippen LogP contribution is 2.24. The van der Waals surface area contributed by atoms with Gasteiger partial charge in [0.2, 0.25) is 5.91 Å². The molecular formula is C19H24N4OS. The van der Waals surface area contributed by atoms with E-state index in [1.165, 1.54) is 16.0 Å². The van der Waals surface area contributed by atoms with Crippen molar-refractivity contribution in [1.29, 1.82) is 0 Å². The lowest BCUT2D eigenvalue weighted by molar-refractivity contribution is -0.131. The zero-order chi connectivity index (χ0) is 17.5. The summed E-state index contributed by atoms with van der Waals surface area (Å²) in [5, 5.41) is 8.59.